The number of hydrogen-bond acceptors (Lipinski definition) is 4. The van der Waals surface area contributed by atoms with Gasteiger partial charge in [-0.2, -0.15) is 0 Å². The van der Waals surface area contributed by atoms with Crippen molar-refractivity contribution >= 4 is 0 Å². The van der Waals surface area contributed by atoms with E-state index in [1.54, 1.807) is 7.11 Å². The lowest BCUT2D eigenvalue weighted by Crippen LogP contribution is -2.15. The van der Waals surface area contributed by atoms with E-state index in [0.29, 0.717) is 13.2 Å². The molecule has 2 aromatic carbocycles. The molecule has 0 saturated heterocycles. The first-order chi connectivity index (χ1) is 10.3. The van der Waals surface area contributed by atoms with E-state index in [4.69, 9.17) is 18.9 Å². The molecule has 0 saturated carbocycles. The first-order valence-electron chi connectivity index (χ1n) is 6.88. The van der Waals surface area contributed by atoms with Crippen molar-refractivity contribution in [2.24, 2.45) is 0 Å². The summed E-state index contributed by atoms with van der Waals surface area (Å²) in [5, 5.41) is 0. The van der Waals surface area contributed by atoms with E-state index in [1.165, 1.54) is 0 Å². The fraction of sp³-hybridized carbons (Fsp3) is 0.294. The van der Waals surface area contributed by atoms with Crippen LogP contribution in [0.1, 0.15) is 6.92 Å². The van der Waals surface area contributed by atoms with Gasteiger partial charge in [0.2, 0.25) is 0 Å². The molecule has 0 spiro atoms. The van der Waals surface area contributed by atoms with Gasteiger partial charge in [-0.15, -0.1) is 0 Å². The second kappa shape index (κ2) is 8.29. The van der Waals surface area contributed by atoms with Gasteiger partial charge in [0.1, 0.15) is 23.9 Å². The number of rotatable bonds is 8. The molecule has 21 heavy (non-hydrogen) atoms. The summed E-state index contributed by atoms with van der Waals surface area (Å²) in [5.41, 5.74) is 0. The number of para-hydroxylation sites is 1. The topological polar surface area (TPSA) is 36.9 Å². The van der Waals surface area contributed by atoms with Crippen molar-refractivity contribution in [2.45, 2.75) is 13.2 Å². The van der Waals surface area contributed by atoms with Crippen LogP contribution in [-0.4, -0.2) is 26.6 Å². The van der Waals surface area contributed by atoms with E-state index in [2.05, 4.69) is 0 Å². The van der Waals surface area contributed by atoms with Crippen LogP contribution in [0.4, 0.5) is 0 Å². The Morgan fingerprint density at radius 2 is 1.43 bits per heavy atom. The van der Waals surface area contributed by atoms with Gasteiger partial charge in [-0.05, 0) is 43.3 Å². The van der Waals surface area contributed by atoms with E-state index in [0.717, 1.165) is 17.2 Å². The van der Waals surface area contributed by atoms with Crippen LogP contribution in [0.3, 0.4) is 0 Å². The molecule has 0 amide bonds. The molecule has 0 aromatic heterocycles. The van der Waals surface area contributed by atoms with Crippen molar-refractivity contribution in [1.29, 1.82) is 0 Å². The van der Waals surface area contributed by atoms with Gasteiger partial charge in [-0.3, -0.25) is 0 Å². The van der Waals surface area contributed by atoms with Crippen LogP contribution >= 0.6 is 0 Å². The maximum absolute atomic E-state index is 5.71. The van der Waals surface area contributed by atoms with Gasteiger partial charge < -0.3 is 18.9 Å². The van der Waals surface area contributed by atoms with E-state index in [9.17, 15) is 0 Å². The van der Waals surface area contributed by atoms with Crippen molar-refractivity contribution < 1.29 is 18.9 Å². The van der Waals surface area contributed by atoms with Gasteiger partial charge >= 0.3 is 0 Å². The minimum absolute atomic E-state index is 0.213. The van der Waals surface area contributed by atoms with Crippen LogP contribution in [-0.2, 0) is 9.47 Å². The van der Waals surface area contributed by atoms with Crippen molar-refractivity contribution in [3.05, 3.63) is 54.6 Å². The van der Waals surface area contributed by atoms with E-state index >= 15 is 0 Å². The number of benzene rings is 2. The zero-order valence-electron chi connectivity index (χ0n) is 12.3. The molecule has 0 bridgehead atoms. The summed E-state index contributed by atoms with van der Waals surface area (Å²) < 4.78 is 21.6. The summed E-state index contributed by atoms with van der Waals surface area (Å²) in [6.45, 7) is 2.81. The Hall–Kier alpha value is -2.04. The predicted molar refractivity (Wildman–Crippen MR) is 80.9 cm³/mol. The molecule has 0 radical (unpaired) electrons. The predicted octanol–water partition coefficient (Wildman–Crippen LogP) is 3.87. The van der Waals surface area contributed by atoms with Crippen molar-refractivity contribution in [3.8, 4) is 17.2 Å². The minimum atomic E-state index is -0.213. The highest BCUT2D eigenvalue weighted by atomic mass is 16.7. The Morgan fingerprint density at radius 1 is 0.810 bits per heavy atom. The molecule has 4 nitrogen and oxygen atoms in total. The summed E-state index contributed by atoms with van der Waals surface area (Å²) in [6.07, 6.45) is -0.213. The quantitative estimate of drug-likeness (QED) is 0.546. The van der Waals surface area contributed by atoms with Crippen molar-refractivity contribution in [3.63, 3.8) is 0 Å². The van der Waals surface area contributed by atoms with E-state index in [-0.39, 0.29) is 6.29 Å². The Balaban J connectivity index is 1.77. The third-order valence-electron chi connectivity index (χ3n) is 2.84. The first kappa shape index (κ1) is 15.4. The molecule has 2 rings (SSSR count). The zero-order chi connectivity index (χ0) is 14.9. The van der Waals surface area contributed by atoms with E-state index < -0.39 is 0 Å². The van der Waals surface area contributed by atoms with Crippen LogP contribution in [0.25, 0.3) is 0 Å². The second-order valence-electron chi connectivity index (χ2n) is 4.41. The molecule has 0 aliphatic carbocycles. The monoisotopic (exact) mass is 288 g/mol. The SMILES string of the molecule is COC(C)OCCOc1ccc(Oc2ccccc2)cc1. The molecule has 0 N–H and O–H groups in total. The van der Waals surface area contributed by atoms with Gasteiger partial charge in [0.15, 0.2) is 6.29 Å². The normalized spacial score (nSPS) is 11.9. The first-order valence-corrected chi connectivity index (χ1v) is 6.88. The molecule has 112 valence electrons. The Bertz CT molecular complexity index is 510. The zero-order valence-corrected chi connectivity index (χ0v) is 12.3. The summed E-state index contributed by atoms with van der Waals surface area (Å²) >= 11 is 0. The van der Waals surface area contributed by atoms with Crippen LogP contribution in [0.5, 0.6) is 17.2 Å². The summed E-state index contributed by atoms with van der Waals surface area (Å²) in [7, 11) is 1.61. The van der Waals surface area contributed by atoms with E-state index in [1.807, 2.05) is 61.5 Å². The van der Waals surface area contributed by atoms with Gasteiger partial charge in [-0.1, -0.05) is 18.2 Å². The van der Waals surface area contributed by atoms with Crippen LogP contribution in [0, 0.1) is 0 Å². The lowest BCUT2D eigenvalue weighted by molar-refractivity contribution is -0.115. The lowest BCUT2D eigenvalue weighted by atomic mass is 10.3. The van der Waals surface area contributed by atoms with Crippen LogP contribution in [0.2, 0.25) is 0 Å². The third kappa shape index (κ3) is 5.45. The smallest absolute Gasteiger partial charge is 0.154 e. The summed E-state index contributed by atoms with van der Waals surface area (Å²) in [5.74, 6) is 2.37. The highest BCUT2D eigenvalue weighted by Gasteiger charge is 2.00. The molecule has 0 aliphatic rings. The summed E-state index contributed by atoms with van der Waals surface area (Å²) in [4.78, 5) is 0. The van der Waals surface area contributed by atoms with Crippen LogP contribution in [0.15, 0.2) is 54.6 Å². The molecule has 0 heterocycles. The number of hydrogen-bond donors (Lipinski definition) is 0. The molecule has 1 atom stereocenters. The van der Waals surface area contributed by atoms with Gasteiger partial charge in [0, 0.05) is 7.11 Å². The molecule has 2 aromatic rings. The maximum atomic E-state index is 5.71. The molecule has 1 unspecified atom stereocenters. The average Bonchev–Trinajstić information content (AvgIpc) is 2.54. The Kier molecular flexibility index (Phi) is 6.06. The maximum Gasteiger partial charge on any atom is 0.154 e. The third-order valence-corrected chi connectivity index (χ3v) is 2.84. The summed E-state index contributed by atoms with van der Waals surface area (Å²) in [6, 6.07) is 17.2. The second-order valence-corrected chi connectivity index (χ2v) is 4.41. The lowest BCUT2D eigenvalue weighted by Gasteiger charge is -2.12. The fourth-order valence-corrected chi connectivity index (χ4v) is 1.67. The van der Waals surface area contributed by atoms with Gasteiger partial charge in [-0.25, -0.2) is 0 Å². The average molecular weight is 288 g/mol. The molecule has 0 fully saturated rings. The number of methoxy groups -OCH3 is 1. The standard InChI is InChI=1S/C17H20O4/c1-14(18-2)19-12-13-20-15-8-10-17(11-9-15)21-16-6-4-3-5-7-16/h3-11,14H,12-13H2,1-2H3. The fourth-order valence-electron chi connectivity index (χ4n) is 1.67. The van der Waals surface area contributed by atoms with Crippen molar-refractivity contribution in [1.82, 2.24) is 0 Å². The van der Waals surface area contributed by atoms with Gasteiger partial charge in [0.05, 0.1) is 6.61 Å². The Morgan fingerprint density at radius 3 is 2.10 bits per heavy atom. The highest BCUT2D eigenvalue weighted by Crippen LogP contribution is 2.23. The molecular formula is C17H20O4. The molecule has 4 heteroatoms. The van der Waals surface area contributed by atoms with Gasteiger partial charge in [0.25, 0.3) is 0 Å². The largest absolute Gasteiger partial charge is 0.491 e. The highest BCUT2D eigenvalue weighted by molar-refractivity contribution is 5.35. The van der Waals surface area contributed by atoms with Crippen LogP contribution < -0.4 is 9.47 Å². The Labute approximate surface area is 125 Å². The molecular weight excluding hydrogens is 268 g/mol. The number of ether oxygens (including phenoxy) is 4. The minimum Gasteiger partial charge on any atom is -0.491 e. The molecule has 0 aliphatic heterocycles. The van der Waals surface area contributed by atoms with Crippen molar-refractivity contribution in [2.75, 3.05) is 20.3 Å².